The standard InChI is InChI=1S/C24H39N8O10PS/c1-13(2)42-20(35)14(3)29-43(38,44-10-15-19(34)31(6)23(36)30(15)5)41-9-8-40-21(24(4,37)11-33)32-12-26-16-17(32)27-22(25)28-18(16)39-7/h12-15,21,33,37H,8-11H2,1-7H3,(H,29,38)(H2,25,27,28)/t14-,15+,21+,24+,43-/m0/s1. The van der Waals surface area contributed by atoms with E-state index < -0.39 is 61.3 Å². The number of aliphatic hydroxyl groups excluding tert-OH is 1. The first-order valence-corrected chi connectivity index (χ1v) is 16.7. The van der Waals surface area contributed by atoms with Gasteiger partial charge in [-0.2, -0.15) is 9.97 Å². The molecule has 1 aliphatic heterocycles. The van der Waals surface area contributed by atoms with Gasteiger partial charge in [0.15, 0.2) is 17.4 Å². The maximum Gasteiger partial charge on any atom is 0.327 e. The average molecular weight is 663 g/mol. The second kappa shape index (κ2) is 14.4. The zero-order chi connectivity index (χ0) is 33.0. The molecule has 5 atom stereocenters. The van der Waals surface area contributed by atoms with Gasteiger partial charge in [-0.05, 0) is 27.7 Å². The third-order valence-electron chi connectivity index (χ3n) is 6.46. The lowest BCUT2D eigenvalue weighted by Crippen LogP contribution is -2.42. The van der Waals surface area contributed by atoms with E-state index >= 15 is 0 Å². The first-order valence-electron chi connectivity index (χ1n) is 13.5. The molecule has 5 N–H and O–H groups in total. The summed E-state index contributed by atoms with van der Waals surface area (Å²) in [6, 6.07) is -2.47. The third kappa shape index (κ3) is 7.96. The number of nitrogens with one attached hydrogen (secondary N) is 1. The summed E-state index contributed by atoms with van der Waals surface area (Å²) in [5.74, 6) is -1.29. The quantitative estimate of drug-likeness (QED) is 0.0822. The normalized spacial score (nSPS) is 19.7. The number of rotatable bonds is 16. The SMILES string of the molecule is COc1nc(N)nc2c1ncn2[C@H](OCCO[P@@](=O)(N[C@@H](C)C(=O)OC(C)C)SC[C@@H]1C(=O)N(C)C(=O)N1C)[C@](C)(O)CO. The Labute approximate surface area is 257 Å². The third-order valence-corrected chi connectivity index (χ3v) is 10.6. The van der Waals surface area contributed by atoms with E-state index in [-0.39, 0.29) is 42.0 Å². The molecule has 3 rings (SSSR count). The molecule has 3 amide bonds. The Kier molecular flexibility index (Phi) is 11.6. The fourth-order valence-electron chi connectivity index (χ4n) is 4.12. The number of nitrogen functional groups attached to an aromatic ring is 1. The summed E-state index contributed by atoms with van der Waals surface area (Å²) < 4.78 is 37.3. The van der Waals surface area contributed by atoms with E-state index in [9.17, 15) is 29.2 Å². The summed E-state index contributed by atoms with van der Waals surface area (Å²) in [4.78, 5) is 51.7. The molecule has 0 spiro atoms. The van der Waals surface area contributed by atoms with Crippen LogP contribution in [0.25, 0.3) is 11.2 Å². The number of nitrogens with two attached hydrogens (primary N) is 1. The number of aromatic nitrogens is 4. The lowest BCUT2D eigenvalue weighted by Gasteiger charge is -2.32. The summed E-state index contributed by atoms with van der Waals surface area (Å²) in [6.45, 7) is 0.818. The number of hydrogen-bond donors (Lipinski definition) is 4. The average Bonchev–Trinajstić information content (AvgIpc) is 3.45. The molecule has 0 bridgehead atoms. The van der Waals surface area contributed by atoms with Crippen molar-refractivity contribution in [1.29, 1.82) is 0 Å². The minimum atomic E-state index is -3.95. The van der Waals surface area contributed by atoms with E-state index in [1.54, 1.807) is 13.8 Å². The summed E-state index contributed by atoms with van der Waals surface area (Å²) >= 11 is 0.740. The number of esters is 1. The number of ether oxygens (including phenoxy) is 3. The predicted molar refractivity (Wildman–Crippen MR) is 159 cm³/mol. The number of hydrogen-bond acceptors (Lipinski definition) is 15. The van der Waals surface area contributed by atoms with Gasteiger partial charge in [-0.15, -0.1) is 0 Å². The van der Waals surface area contributed by atoms with Gasteiger partial charge >= 0.3 is 18.7 Å². The number of methoxy groups -OCH3 is 1. The van der Waals surface area contributed by atoms with E-state index in [1.165, 1.54) is 50.8 Å². The molecule has 1 fully saturated rings. The van der Waals surface area contributed by atoms with Crippen LogP contribution >= 0.6 is 18.1 Å². The zero-order valence-electron chi connectivity index (χ0n) is 25.5. The number of anilines is 1. The summed E-state index contributed by atoms with van der Waals surface area (Å²) in [5, 5.41) is 23.5. The second-order valence-corrected chi connectivity index (χ2v) is 14.7. The van der Waals surface area contributed by atoms with E-state index in [0.29, 0.717) is 0 Å². The van der Waals surface area contributed by atoms with E-state index in [4.69, 9.17) is 24.5 Å². The Hall–Kier alpha value is -3.06. The summed E-state index contributed by atoms with van der Waals surface area (Å²) in [6.07, 6.45) is -0.406. The van der Waals surface area contributed by atoms with Crippen LogP contribution in [0.4, 0.5) is 10.7 Å². The topological polar surface area (TPSA) is 234 Å². The monoisotopic (exact) mass is 662 g/mol. The van der Waals surface area contributed by atoms with Crippen LogP contribution in [-0.2, 0) is 28.2 Å². The van der Waals surface area contributed by atoms with Crippen molar-refractivity contribution in [3.05, 3.63) is 6.33 Å². The van der Waals surface area contributed by atoms with Gasteiger partial charge in [0.25, 0.3) is 5.91 Å². The number of fused-ring (bicyclic) bond motifs is 1. The van der Waals surface area contributed by atoms with Crippen molar-refractivity contribution in [2.75, 3.05) is 52.5 Å². The Morgan fingerprint density at radius 3 is 2.50 bits per heavy atom. The molecule has 0 unspecified atom stereocenters. The molecular weight excluding hydrogens is 623 g/mol. The Morgan fingerprint density at radius 1 is 1.25 bits per heavy atom. The van der Waals surface area contributed by atoms with Crippen LogP contribution in [0.2, 0.25) is 0 Å². The number of carbonyl (C=O) groups is 3. The molecule has 0 saturated carbocycles. The first-order chi connectivity index (χ1) is 20.5. The predicted octanol–water partition coefficient (Wildman–Crippen LogP) is 0.356. The van der Waals surface area contributed by atoms with Crippen LogP contribution in [0.1, 0.15) is 33.9 Å². The first kappa shape index (κ1) is 35.4. The number of aliphatic hydroxyl groups is 2. The fraction of sp³-hybridized carbons (Fsp3) is 0.667. The van der Waals surface area contributed by atoms with Crippen molar-refractivity contribution in [3.8, 4) is 5.88 Å². The van der Waals surface area contributed by atoms with Crippen LogP contribution < -0.4 is 15.6 Å². The van der Waals surface area contributed by atoms with Gasteiger partial charge in [0.2, 0.25) is 11.8 Å². The van der Waals surface area contributed by atoms with Crippen molar-refractivity contribution in [3.63, 3.8) is 0 Å². The largest absolute Gasteiger partial charge is 0.479 e. The minimum Gasteiger partial charge on any atom is -0.479 e. The van der Waals surface area contributed by atoms with Crippen molar-refractivity contribution in [2.45, 2.75) is 57.7 Å². The highest BCUT2D eigenvalue weighted by atomic mass is 32.7. The molecule has 2 aromatic heterocycles. The highest BCUT2D eigenvalue weighted by Gasteiger charge is 2.43. The van der Waals surface area contributed by atoms with Gasteiger partial charge in [-0.1, -0.05) is 11.4 Å². The molecule has 0 aliphatic carbocycles. The number of nitrogens with zero attached hydrogens (tertiary/aromatic N) is 6. The number of imide groups is 1. The smallest absolute Gasteiger partial charge is 0.327 e. The van der Waals surface area contributed by atoms with Crippen LogP contribution in [-0.4, -0.2) is 128 Å². The lowest BCUT2D eigenvalue weighted by molar-refractivity contribution is -0.158. The Bertz CT molecular complexity index is 1410. The molecule has 20 heteroatoms. The number of amides is 3. The van der Waals surface area contributed by atoms with Crippen LogP contribution in [0.3, 0.4) is 0 Å². The fourth-order valence-corrected chi connectivity index (χ4v) is 8.10. The maximum atomic E-state index is 13.9. The molecule has 44 heavy (non-hydrogen) atoms. The van der Waals surface area contributed by atoms with Crippen molar-refractivity contribution in [1.82, 2.24) is 34.4 Å². The molecular formula is C24H39N8O10PS. The van der Waals surface area contributed by atoms with Crippen molar-refractivity contribution < 1.29 is 47.9 Å². The second-order valence-electron chi connectivity index (χ2n) is 10.4. The van der Waals surface area contributed by atoms with E-state index in [2.05, 4.69) is 20.0 Å². The van der Waals surface area contributed by atoms with Crippen LogP contribution in [0.15, 0.2) is 6.33 Å². The van der Waals surface area contributed by atoms with E-state index in [1.807, 2.05) is 0 Å². The molecule has 246 valence electrons. The Balaban J connectivity index is 1.79. The molecule has 18 nitrogen and oxygen atoms in total. The van der Waals surface area contributed by atoms with Gasteiger partial charge in [0.05, 0.1) is 39.4 Å². The van der Waals surface area contributed by atoms with Gasteiger partial charge < -0.3 is 39.6 Å². The lowest BCUT2D eigenvalue weighted by atomic mass is 10.1. The van der Waals surface area contributed by atoms with Gasteiger partial charge in [0.1, 0.15) is 17.7 Å². The molecule has 0 aromatic carbocycles. The van der Waals surface area contributed by atoms with Gasteiger partial charge in [-0.3, -0.25) is 23.6 Å². The number of urea groups is 1. The Morgan fingerprint density at radius 2 is 1.93 bits per heavy atom. The van der Waals surface area contributed by atoms with Crippen LogP contribution in [0.5, 0.6) is 5.88 Å². The van der Waals surface area contributed by atoms with Crippen molar-refractivity contribution >= 4 is 53.1 Å². The minimum absolute atomic E-state index is 0.0883. The van der Waals surface area contributed by atoms with Crippen LogP contribution in [0, 0.1) is 0 Å². The molecule has 1 saturated heterocycles. The molecule has 0 radical (unpaired) electrons. The molecule has 3 heterocycles. The highest BCUT2D eigenvalue weighted by Crippen LogP contribution is 2.57. The molecule has 2 aromatic rings. The van der Waals surface area contributed by atoms with Crippen molar-refractivity contribution in [2.24, 2.45) is 0 Å². The highest BCUT2D eigenvalue weighted by molar-refractivity contribution is 8.56. The summed E-state index contributed by atoms with van der Waals surface area (Å²) in [5.41, 5.74) is 4.31. The maximum absolute atomic E-state index is 13.9. The van der Waals surface area contributed by atoms with E-state index in [0.717, 1.165) is 16.3 Å². The van der Waals surface area contributed by atoms with Gasteiger partial charge in [0, 0.05) is 19.8 Å². The van der Waals surface area contributed by atoms with Gasteiger partial charge in [-0.25, -0.2) is 14.9 Å². The number of imidazole rings is 1. The zero-order valence-corrected chi connectivity index (χ0v) is 27.2. The molecule has 1 aliphatic rings. The summed E-state index contributed by atoms with van der Waals surface area (Å²) in [7, 11) is 4.17. The number of carbonyl (C=O) groups excluding carboxylic acids is 3. The number of likely N-dealkylation sites (N-methyl/N-ethyl adjacent to an activating group) is 2.